The second-order valence-electron chi connectivity index (χ2n) is 12.5. The van der Waals surface area contributed by atoms with Gasteiger partial charge in [0.15, 0.2) is 0 Å². The lowest BCUT2D eigenvalue weighted by Crippen LogP contribution is -2.68. The Balaban J connectivity index is 1.47. The lowest BCUT2D eigenvalue weighted by atomic mass is 9.47. The number of nitrogens with one attached hydrogen (secondary N) is 2. The van der Waals surface area contributed by atoms with Gasteiger partial charge in [0.25, 0.3) is 5.54 Å². The molecule has 1 aliphatic heterocycles. The summed E-state index contributed by atoms with van der Waals surface area (Å²) in [6.07, 6.45) is -4.91. The number of amides is 2. The minimum Gasteiger partial charge on any atom is -0.352 e. The quantitative estimate of drug-likeness (QED) is 0.349. The fourth-order valence-electron chi connectivity index (χ4n) is 8.66. The van der Waals surface area contributed by atoms with Crippen molar-refractivity contribution in [3.05, 3.63) is 35.9 Å². The second-order valence-corrected chi connectivity index (χ2v) is 12.5. The molecule has 0 bridgehead atoms. The second kappa shape index (κ2) is 8.88. The third kappa shape index (κ3) is 3.95. The molecular formula is C28H34F6N2O2. The summed E-state index contributed by atoms with van der Waals surface area (Å²) in [5.41, 5.74) is -6.12. The van der Waals surface area contributed by atoms with E-state index in [0.717, 1.165) is 44.2 Å². The zero-order chi connectivity index (χ0) is 27.7. The first-order valence-electron chi connectivity index (χ1n) is 13.5. The van der Waals surface area contributed by atoms with Crippen molar-refractivity contribution < 1.29 is 35.9 Å². The first-order chi connectivity index (χ1) is 17.6. The molecule has 2 amide bonds. The zero-order valence-corrected chi connectivity index (χ0v) is 21.5. The highest BCUT2D eigenvalue weighted by Crippen LogP contribution is 2.64. The number of halogens is 6. The number of carbonyl (C=O) groups excluding carboxylic acids is 2. The van der Waals surface area contributed by atoms with Crippen LogP contribution in [-0.4, -0.2) is 30.2 Å². The highest BCUT2D eigenvalue weighted by atomic mass is 19.4. The van der Waals surface area contributed by atoms with Crippen LogP contribution in [0.2, 0.25) is 0 Å². The molecule has 5 rings (SSSR count). The van der Waals surface area contributed by atoms with Gasteiger partial charge in [-0.25, -0.2) is 0 Å². The van der Waals surface area contributed by atoms with Gasteiger partial charge in [-0.15, -0.1) is 0 Å². The lowest BCUT2D eigenvalue weighted by Gasteiger charge is -2.60. The maximum absolute atomic E-state index is 14.3. The van der Waals surface area contributed by atoms with Crippen molar-refractivity contribution in [2.45, 2.75) is 89.1 Å². The van der Waals surface area contributed by atoms with Gasteiger partial charge in [-0.1, -0.05) is 50.6 Å². The van der Waals surface area contributed by atoms with Crippen molar-refractivity contribution in [2.24, 2.45) is 34.5 Å². The van der Waals surface area contributed by atoms with Crippen LogP contribution in [0, 0.1) is 34.5 Å². The average Bonchev–Trinajstić information content (AvgIpc) is 3.23. The van der Waals surface area contributed by atoms with E-state index in [4.69, 9.17) is 0 Å². The van der Waals surface area contributed by atoms with Crippen LogP contribution in [0.3, 0.4) is 0 Å². The van der Waals surface area contributed by atoms with E-state index in [1.807, 2.05) is 6.92 Å². The number of piperidine rings is 1. The minimum atomic E-state index is -5.90. The largest absolute Gasteiger partial charge is 0.424 e. The Bertz CT molecular complexity index is 1080. The molecule has 4 nitrogen and oxygen atoms in total. The van der Waals surface area contributed by atoms with Crippen LogP contribution in [0.25, 0.3) is 0 Å². The first kappa shape index (κ1) is 27.3. The predicted octanol–water partition coefficient (Wildman–Crippen LogP) is 6.26. The molecule has 10 heteroatoms. The summed E-state index contributed by atoms with van der Waals surface area (Å²) in [7, 11) is 0. The Labute approximate surface area is 218 Å². The van der Waals surface area contributed by atoms with E-state index < -0.39 is 46.6 Å². The fourth-order valence-corrected chi connectivity index (χ4v) is 8.66. The molecule has 38 heavy (non-hydrogen) atoms. The molecule has 2 unspecified atom stereocenters. The first-order valence-corrected chi connectivity index (χ1v) is 13.5. The van der Waals surface area contributed by atoms with E-state index in [0.29, 0.717) is 30.4 Å². The number of benzene rings is 1. The SMILES string of the molecule is C[C@@]12CCC[C@H]1[C@@H]1CCC3NC(=O)C(C(=O)NC(c4ccccc4)(C(F)(F)F)C(F)(F)F)C[C@]3(C)[C@@H]1CC2. The fraction of sp³-hybridized carbons (Fsp3) is 0.714. The number of rotatable bonds is 3. The Morgan fingerprint density at radius 1 is 0.921 bits per heavy atom. The van der Waals surface area contributed by atoms with Gasteiger partial charge < -0.3 is 10.6 Å². The summed E-state index contributed by atoms with van der Waals surface area (Å²) in [6.45, 7) is 4.29. The molecule has 0 spiro atoms. The molecule has 2 N–H and O–H groups in total. The molecule has 3 aliphatic carbocycles. The van der Waals surface area contributed by atoms with Gasteiger partial charge in [0.2, 0.25) is 11.8 Å². The van der Waals surface area contributed by atoms with Gasteiger partial charge in [0.05, 0.1) is 0 Å². The Kier molecular flexibility index (Phi) is 6.38. The number of fused-ring (bicyclic) bond motifs is 5. The normalized spacial score (nSPS) is 37.5. The molecule has 1 heterocycles. The molecule has 1 aromatic carbocycles. The maximum atomic E-state index is 14.3. The third-order valence-corrected chi connectivity index (χ3v) is 10.6. The molecule has 1 aromatic rings. The summed E-state index contributed by atoms with van der Waals surface area (Å²) in [4.78, 5) is 26.3. The van der Waals surface area contributed by atoms with E-state index in [2.05, 4.69) is 12.2 Å². The van der Waals surface area contributed by atoms with Crippen molar-refractivity contribution in [1.82, 2.24) is 10.6 Å². The summed E-state index contributed by atoms with van der Waals surface area (Å²) in [5.74, 6) is -2.97. The van der Waals surface area contributed by atoms with Crippen molar-refractivity contribution in [3.63, 3.8) is 0 Å². The third-order valence-electron chi connectivity index (χ3n) is 10.6. The van der Waals surface area contributed by atoms with E-state index in [1.54, 1.807) is 0 Å². The smallest absolute Gasteiger partial charge is 0.352 e. The van der Waals surface area contributed by atoms with Crippen molar-refractivity contribution >= 4 is 11.8 Å². The predicted molar refractivity (Wildman–Crippen MR) is 127 cm³/mol. The monoisotopic (exact) mass is 544 g/mol. The molecule has 0 aromatic heterocycles. The highest BCUT2D eigenvalue weighted by molar-refractivity contribution is 6.01. The van der Waals surface area contributed by atoms with Crippen molar-refractivity contribution in [1.29, 1.82) is 0 Å². The average molecular weight is 545 g/mol. The van der Waals surface area contributed by atoms with Crippen LogP contribution >= 0.6 is 0 Å². The molecule has 210 valence electrons. The molecule has 4 aliphatic rings. The zero-order valence-electron chi connectivity index (χ0n) is 21.5. The van der Waals surface area contributed by atoms with E-state index in [-0.39, 0.29) is 23.8 Å². The summed E-state index contributed by atoms with van der Waals surface area (Å²) >= 11 is 0. The van der Waals surface area contributed by atoms with Gasteiger partial charge >= 0.3 is 12.4 Å². The molecule has 4 fully saturated rings. The van der Waals surface area contributed by atoms with E-state index in [9.17, 15) is 35.9 Å². The van der Waals surface area contributed by atoms with Gasteiger partial charge in [0.1, 0.15) is 5.92 Å². The van der Waals surface area contributed by atoms with Gasteiger partial charge in [-0.05, 0) is 79.1 Å². The van der Waals surface area contributed by atoms with Gasteiger partial charge in [-0.3, -0.25) is 9.59 Å². The van der Waals surface area contributed by atoms with Crippen LogP contribution < -0.4 is 10.6 Å². The molecule has 3 saturated carbocycles. The van der Waals surface area contributed by atoms with Crippen LogP contribution in [0.5, 0.6) is 0 Å². The highest BCUT2D eigenvalue weighted by Gasteiger charge is 2.73. The summed E-state index contributed by atoms with van der Waals surface area (Å²) < 4.78 is 85.6. The number of alkyl halides is 6. The maximum Gasteiger partial charge on any atom is 0.424 e. The number of hydrogen-bond donors (Lipinski definition) is 2. The number of carbonyl (C=O) groups is 2. The van der Waals surface area contributed by atoms with Crippen LogP contribution in [-0.2, 0) is 15.1 Å². The lowest BCUT2D eigenvalue weighted by molar-refractivity contribution is -0.312. The minimum absolute atomic E-state index is 0.0689. The molecular weight excluding hydrogens is 510 g/mol. The molecule has 0 radical (unpaired) electrons. The van der Waals surface area contributed by atoms with E-state index in [1.165, 1.54) is 17.8 Å². The van der Waals surface area contributed by atoms with Gasteiger partial charge in [0, 0.05) is 6.04 Å². The van der Waals surface area contributed by atoms with Crippen LogP contribution in [0.1, 0.15) is 70.8 Å². The van der Waals surface area contributed by atoms with Crippen LogP contribution in [0.15, 0.2) is 30.3 Å². The van der Waals surface area contributed by atoms with Crippen molar-refractivity contribution in [3.8, 4) is 0 Å². The molecule has 1 saturated heterocycles. The van der Waals surface area contributed by atoms with Gasteiger partial charge in [-0.2, -0.15) is 26.3 Å². The number of hydrogen-bond acceptors (Lipinski definition) is 2. The Hall–Kier alpha value is -2.26. The Morgan fingerprint density at radius 3 is 2.21 bits per heavy atom. The van der Waals surface area contributed by atoms with E-state index >= 15 is 0 Å². The Morgan fingerprint density at radius 2 is 1.58 bits per heavy atom. The topological polar surface area (TPSA) is 58.2 Å². The molecule has 7 atom stereocenters. The van der Waals surface area contributed by atoms with Crippen LogP contribution in [0.4, 0.5) is 26.3 Å². The summed E-state index contributed by atoms with van der Waals surface area (Å²) in [5, 5.41) is 4.14. The van der Waals surface area contributed by atoms with Crippen molar-refractivity contribution in [2.75, 3.05) is 0 Å². The summed E-state index contributed by atoms with van der Waals surface area (Å²) in [6, 6.07) is 4.51. The standard InChI is InChI=1S/C28H34F6N2O2/c1-24-13-6-9-19(24)17-10-11-21-25(2,20(17)12-14-24)15-18(22(37)35-21)23(38)36-26(27(29,30)31,28(32,33)34)16-7-4-3-5-8-16/h3-5,7-8,17-21H,6,9-15H2,1-2H3,(H,35,37)(H,36,38)/t17-,18?,19-,20+,21?,24-,25+/m0/s1.